The lowest BCUT2D eigenvalue weighted by Crippen LogP contribution is -2.26. The fourth-order valence-electron chi connectivity index (χ4n) is 3.93. The smallest absolute Gasteiger partial charge is 0.387 e. The van der Waals surface area contributed by atoms with Crippen LogP contribution in [0.15, 0.2) is 24.3 Å². The van der Waals surface area contributed by atoms with E-state index in [0.29, 0.717) is 18.9 Å². The molecule has 1 aromatic rings. The standard InChI is InChI=1S/C17H21F2NO2/c18-17(19)22-15-5-2-11(3-6-15)10-20-16(21)9-14-8-12-1-4-13(14)7-12/h2-3,5-6,12-14,17H,1,4,7-10H2,(H,20,21)/t12-,13-,14+/m0/s1. The summed E-state index contributed by atoms with van der Waals surface area (Å²) in [5.74, 6) is 2.38. The predicted octanol–water partition coefficient (Wildman–Crippen LogP) is 3.73. The number of hydrogen-bond acceptors (Lipinski definition) is 2. The first-order valence-corrected chi connectivity index (χ1v) is 7.90. The molecular formula is C17H21F2NO2. The molecule has 0 unspecified atom stereocenters. The molecule has 3 atom stereocenters. The summed E-state index contributed by atoms with van der Waals surface area (Å²) in [6, 6.07) is 6.36. The molecule has 0 spiro atoms. The van der Waals surface area contributed by atoms with Crippen LogP contribution >= 0.6 is 0 Å². The average Bonchev–Trinajstić information content (AvgIpc) is 3.08. The molecule has 5 heteroatoms. The summed E-state index contributed by atoms with van der Waals surface area (Å²) in [5.41, 5.74) is 0.878. The molecule has 0 aliphatic heterocycles. The van der Waals surface area contributed by atoms with Gasteiger partial charge in [-0.05, 0) is 54.7 Å². The minimum Gasteiger partial charge on any atom is -0.435 e. The highest BCUT2D eigenvalue weighted by Gasteiger charge is 2.39. The van der Waals surface area contributed by atoms with E-state index in [2.05, 4.69) is 10.1 Å². The lowest BCUT2D eigenvalue weighted by atomic mass is 9.86. The molecule has 3 nitrogen and oxygen atoms in total. The Morgan fingerprint density at radius 2 is 2.00 bits per heavy atom. The highest BCUT2D eigenvalue weighted by atomic mass is 19.3. The molecule has 2 saturated carbocycles. The topological polar surface area (TPSA) is 38.3 Å². The number of ether oxygens (including phenoxy) is 1. The van der Waals surface area contributed by atoms with Crippen molar-refractivity contribution in [3.63, 3.8) is 0 Å². The first-order valence-electron chi connectivity index (χ1n) is 7.90. The molecule has 1 aromatic carbocycles. The van der Waals surface area contributed by atoms with Gasteiger partial charge < -0.3 is 10.1 Å². The third-order valence-corrected chi connectivity index (χ3v) is 4.97. The van der Waals surface area contributed by atoms with Crippen molar-refractivity contribution in [2.75, 3.05) is 0 Å². The van der Waals surface area contributed by atoms with E-state index in [0.717, 1.165) is 17.4 Å². The van der Waals surface area contributed by atoms with Crippen molar-refractivity contribution >= 4 is 5.91 Å². The molecule has 2 aliphatic carbocycles. The highest BCUT2D eigenvalue weighted by molar-refractivity contribution is 5.76. The van der Waals surface area contributed by atoms with Gasteiger partial charge in [0, 0.05) is 13.0 Å². The zero-order valence-electron chi connectivity index (χ0n) is 12.4. The van der Waals surface area contributed by atoms with E-state index in [1.165, 1.54) is 37.8 Å². The SMILES string of the molecule is O=C(C[C@H]1C[C@H]2CC[C@H]1C2)NCc1ccc(OC(F)F)cc1. The lowest BCUT2D eigenvalue weighted by Gasteiger charge is -2.20. The molecule has 1 N–H and O–H groups in total. The van der Waals surface area contributed by atoms with Crippen LogP contribution in [0.5, 0.6) is 5.75 Å². The summed E-state index contributed by atoms with van der Waals surface area (Å²) in [6.45, 7) is -2.39. The number of alkyl halides is 2. The van der Waals surface area contributed by atoms with Crippen LogP contribution in [0.1, 0.15) is 37.7 Å². The second-order valence-corrected chi connectivity index (χ2v) is 6.44. The Bertz CT molecular complexity index is 518. The van der Waals surface area contributed by atoms with Gasteiger partial charge in [-0.25, -0.2) is 0 Å². The summed E-state index contributed by atoms with van der Waals surface area (Å²) in [7, 11) is 0. The monoisotopic (exact) mass is 309 g/mol. The maximum Gasteiger partial charge on any atom is 0.387 e. The van der Waals surface area contributed by atoms with E-state index in [4.69, 9.17) is 0 Å². The first kappa shape index (κ1) is 15.3. The maximum atomic E-state index is 12.1. The van der Waals surface area contributed by atoms with Gasteiger partial charge in [0.05, 0.1) is 0 Å². The van der Waals surface area contributed by atoms with Gasteiger partial charge in [-0.3, -0.25) is 4.79 Å². The molecule has 2 bridgehead atoms. The molecule has 1 amide bonds. The predicted molar refractivity (Wildman–Crippen MR) is 78.5 cm³/mol. The van der Waals surface area contributed by atoms with E-state index in [1.807, 2.05) is 0 Å². The Kier molecular flexibility index (Phi) is 4.60. The van der Waals surface area contributed by atoms with Crippen molar-refractivity contribution in [2.24, 2.45) is 17.8 Å². The Morgan fingerprint density at radius 1 is 1.23 bits per heavy atom. The highest BCUT2D eigenvalue weighted by Crippen LogP contribution is 2.49. The van der Waals surface area contributed by atoms with Gasteiger partial charge in [0.1, 0.15) is 5.75 Å². The van der Waals surface area contributed by atoms with Crippen molar-refractivity contribution in [3.05, 3.63) is 29.8 Å². The maximum absolute atomic E-state index is 12.1. The van der Waals surface area contributed by atoms with Crippen LogP contribution in [0, 0.1) is 17.8 Å². The minimum atomic E-state index is -2.81. The number of nitrogens with one attached hydrogen (secondary N) is 1. The number of fused-ring (bicyclic) bond motifs is 2. The third-order valence-electron chi connectivity index (χ3n) is 4.97. The number of carbonyl (C=O) groups is 1. The summed E-state index contributed by atoms with van der Waals surface area (Å²) in [4.78, 5) is 12.0. The van der Waals surface area contributed by atoms with Gasteiger partial charge in [-0.15, -0.1) is 0 Å². The van der Waals surface area contributed by atoms with Crippen LogP contribution in [0.3, 0.4) is 0 Å². The summed E-state index contributed by atoms with van der Waals surface area (Å²) in [5, 5.41) is 2.92. The number of halogens is 2. The van der Waals surface area contributed by atoms with Crippen molar-refractivity contribution in [3.8, 4) is 5.75 Å². The molecular weight excluding hydrogens is 288 g/mol. The Labute approximate surface area is 129 Å². The third kappa shape index (κ3) is 3.76. The lowest BCUT2D eigenvalue weighted by molar-refractivity contribution is -0.122. The molecule has 22 heavy (non-hydrogen) atoms. The van der Waals surface area contributed by atoms with Gasteiger partial charge in [0.2, 0.25) is 5.91 Å². The molecule has 3 rings (SSSR count). The molecule has 0 saturated heterocycles. The van der Waals surface area contributed by atoms with Crippen LogP contribution in [0.2, 0.25) is 0 Å². The zero-order valence-corrected chi connectivity index (χ0v) is 12.4. The second kappa shape index (κ2) is 6.63. The van der Waals surface area contributed by atoms with Gasteiger partial charge in [-0.2, -0.15) is 8.78 Å². The fourth-order valence-corrected chi connectivity index (χ4v) is 3.93. The number of rotatable bonds is 6. The number of carbonyl (C=O) groups excluding carboxylic acids is 1. The number of amides is 1. The molecule has 2 fully saturated rings. The van der Waals surface area contributed by atoms with E-state index < -0.39 is 6.61 Å². The molecule has 0 heterocycles. The molecule has 0 aromatic heterocycles. The number of benzene rings is 1. The van der Waals surface area contributed by atoms with E-state index in [9.17, 15) is 13.6 Å². The van der Waals surface area contributed by atoms with E-state index >= 15 is 0 Å². The zero-order chi connectivity index (χ0) is 15.5. The summed E-state index contributed by atoms with van der Waals surface area (Å²) in [6.07, 6.45) is 5.76. The summed E-state index contributed by atoms with van der Waals surface area (Å²) >= 11 is 0. The van der Waals surface area contributed by atoms with Gasteiger partial charge in [-0.1, -0.05) is 18.6 Å². The largest absolute Gasteiger partial charge is 0.435 e. The van der Waals surface area contributed by atoms with Crippen LogP contribution in [0.4, 0.5) is 8.78 Å². The van der Waals surface area contributed by atoms with Crippen molar-refractivity contribution in [1.82, 2.24) is 5.32 Å². The van der Waals surface area contributed by atoms with Crippen molar-refractivity contribution in [2.45, 2.75) is 45.3 Å². The molecule has 2 aliphatic rings. The molecule has 0 radical (unpaired) electrons. The van der Waals surface area contributed by atoms with Crippen molar-refractivity contribution in [1.29, 1.82) is 0 Å². The first-order chi connectivity index (χ1) is 10.6. The fraction of sp³-hybridized carbons (Fsp3) is 0.588. The molecule has 120 valence electrons. The van der Waals surface area contributed by atoms with Crippen molar-refractivity contribution < 1.29 is 18.3 Å². The van der Waals surface area contributed by atoms with Crippen LogP contribution < -0.4 is 10.1 Å². The number of hydrogen-bond donors (Lipinski definition) is 1. The van der Waals surface area contributed by atoms with Crippen LogP contribution in [-0.2, 0) is 11.3 Å². The second-order valence-electron chi connectivity index (χ2n) is 6.44. The van der Waals surface area contributed by atoms with E-state index in [-0.39, 0.29) is 11.7 Å². The Morgan fingerprint density at radius 3 is 2.59 bits per heavy atom. The van der Waals surface area contributed by atoms with E-state index in [1.54, 1.807) is 12.1 Å². The Hall–Kier alpha value is -1.65. The summed E-state index contributed by atoms with van der Waals surface area (Å²) < 4.78 is 28.4. The van der Waals surface area contributed by atoms with Crippen LogP contribution in [-0.4, -0.2) is 12.5 Å². The minimum absolute atomic E-state index is 0.0884. The van der Waals surface area contributed by atoms with Gasteiger partial charge in [0.25, 0.3) is 0 Å². The quantitative estimate of drug-likeness (QED) is 0.869. The van der Waals surface area contributed by atoms with Crippen LogP contribution in [0.25, 0.3) is 0 Å². The van der Waals surface area contributed by atoms with Gasteiger partial charge in [0.15, 0.2) is 0 Å². The average molecular weight is 309 g/mol. The normalized spacial score (nSPS) is 26.4. The van der Waals surface area contributed by atoms with Gasteiger partial charge >= 0.3 is 6.61 Å². The Balaban J connectivity index is 1.43.